The van der Waals surface area contributed by atoms with E-state index in [4.69, 9.17) is 9.47 Å². The molecule has 4 atom stereocenters. The number of nitrogens with zero attached hydrogens (tertiary/aromatic N) is 3. The summed E-state index contributed by atoms with van der Waals surface area (Å²) in [6.45, 7) is 1.24. The fraction of sp³-hybridized carbons (Fsp3) is 0.400. The van der Waals surface area contributed by atoms with Gasteiger partial charge in [-0.1, -0.05) is 18.2 Å². The van der Waals surface area contributed by atoms with Crippen molar-refractivity contribution < 1.29 is 28.8 Å². The SMILES string of the molecule is CCOC(=O)COc1c(C=NN2C(=O)C3C4C=CC(C4)C3C2=O)cccc1[N+](=O)[O-]. The first kappa shape index (κ1) is 19.7. The van der Waals surface area contributed by atoms with Crippen molar-refractivity contribution >= 4 is 29.7 Å². The predicted octanol–water partition coefficient (Wildman–Crippen LogP) is 1.68. The van der Waals surface area contributed by atoms with Crippen LogP contribution in [0, 0.1) is 33.8 Å². The van der Waals surface area contributed by atoms with E-state index in [2.05, 4.69) is 5.10 Å². The molecule has 0 N–H and O–H groups in total. The smallest absolute Gasteiger partial charge is 0.344 e. The molecule has 1 aromatic carbocycles. The Kier molecular flexibility index (Phi) is 5.06. The zero-order chi connectivity index (χ0) is 21.4. The van der Waals surface area contributed by atoms with Crippen molar-refractivity contribution in [3.05, 3.63) is 46.0 Å². The number of ether oxygens (including phenoxy) is 2. The maximum Gasteiger partial charge on any atom is 0.344 e. The number of imide groups is 1. The van der Waals surface area contributed by atoms with Gasteiger partial charge in [0.05, 0.1) is 29.6 Å². The molecule has 2 aliphatic carbocycles. The van der Waals surface area contributed by atoms with Gasteiger partial charge in [0.1, 0.15) is 0 Å². The predicted molar refractivity (Wildman–Crippen MR) is 102 cm³/mol. The van der Waals surface area contributed by atoms with E-state index >= 15 is 0 Å². The van der Waals surface area contributed by atoms with Crippen LogP contribution in [0.2, 0.25) is 0 Å². The summed E-state index contributed by atoms with van der Waals surface area (Å²) < 4.78 is 10.1. The molecule has 1 aliphatic heterocycles. The monoisotopic (exact) mass is 413 g/mol. The fourth-order valence-electron chi connectivity index (χ4n) is 4.40. The summed E-state index contributed by atoms with van der Waals surface area (Å²) in [6.07, 6.45) is 5.93. The Labute approximate surface area is 171 Å². The van der Waals surface area contributed by atoms with E-state index in [-0.39, 0.29) is 47.3 Å². The van der Waals surface area contributed by atoms with E-state index in [1.165, 1.54) is 24.4 Å². The molecule has 30 heavy (non-hydrogen) atoms. The van der Waals surface area contributed by atoms with Gasteiger partial charge in [-0.05, 0) is 31.2 Å². The Morgan fingerprint density at radius 3 is 2.53 bits per heavy atom. The lowest BCUT2D eigenvalue weighted by molar-refractivity contribution is -0.385. The van der Waals surface area contributed by atoms with Gasteiger partial charge in [0.2, 0.25) is 5.75 Å². The molecule has 0 radical (unpaired) electrons. The third-order valence-corrected chi connectivity index (χ3v) is 5.62. The minimum absolute atomic E-state index is 0.0536. The standard InChI is InChI=1S/C20H19N3O7/c1-2-29-15(24)10-30-18-13(4-3-5-14(18)23(27)28)9-21-22-19(25)16-11-6-7-12(8-11)17(16)20(22)26/h3-7,9,11-12,16-17H,2,8,10H2,1H3. The number of para-hydroxylation sites is 1. The number of rotatable bonds is 7. The largest absolute Gasteiger partial charge is 0.474 e. The normalized spacial score (nSPS) is 26.5. The van der Waals surface area contributed by atoms with Crippen LogP contribution in [0.4, 0.5) is 5.69 Å². The number of carbonyl (C=O) groups is 3. The summed E-state index contributed by atoms with van der Waals surface area (Å²) in [4.78, 5) is 47.7. The molecule has 1 heterocycles. The number of nitro groups is 1. The molecule has 1 saturated carbocycles. The number of esters is 1. The number of hydrogen-bond donors (Lipinski definition) is 0. The van der Waals surface area contributed by atoms with Crippen LogP contribution in [0.25, 0.3) is 0 Å². The van der Waals surface area contributed by atoms with Crippen LogP contribution in [0.1, 0.15) is 18.9 Å². The molecule has 4 rings (SSSR count). The number of allylic oxidation sites excluding steroid dienone is 2. The van der Waals surface area contributed by atoms with Crippen molar-refractivity contribution in [3.63, 3.8) is 0 Å². The number of fused-ring (bicyclic) bond motifs is 5. The van der Waals surface area contributed by atoms with E-state index < -0.39 is 29.3 Å². The van der Waals surface area contributed by atoms with Gasteiger partial charge in [-0.3, -0.25) is 19.7 Å². The van der Waals surface area contributed by atoms with E-state index in [9.17, 15) is 24.5 Å². The Hall–Kier alpha value is -3.56. The average Bonchev–Trinajstić information content (AvgIpc) is 3.39. The van der Waals surface area contributed by atoms with E-state index in [0.717, 1.165) is 11.4 Å². The highest BCUT2D eigenvalue weighted by Gasteiger charge is 2.59. The number of carbonyl (C=O) groups excluding carboxylic acids is 3. The summed E-state index contributed by atoms with van der Waals surface area (Å²) >= 11 is 0. The summed E-state index contributed by atoms with van der Waals surface area (Å²) in [6, 6.07) is 4.12. The van der Waals surface area contributed by atoms with Crippen LogP contribution in [0.5, 0.6) is 5.75 Å². The molecule has 1 saturated heterocycles. The van der Waals surface area contributed by atoms with Gasteiger partial charge in [0.15, 0.2) is 6.61 Å². The summed E-state index contributed by atoms with van der Waals surface area (Å²) in [7, 11) is 0. The molecular formula is C20H19N3O7. The molecule has 10 nitrogen and oxygen atoms in total. The molecule has 10 heteroatoms. The lowest BCUT2D eigenvalue weighted by Crippen LogP contribution is -2.28. The molecule has 2 bridgehead atoms. The number of hydrazone groups is 1. The van der Waals surface area contributed by atoms with Crippen molar-refractivity contribution in [1.29, 1.82) is 0 Å². The van der Waals surface area contributed by atoms with Gasteiger partial charge in [-0.15, -0.1) is 0 Å². The highest BCUT2D eigenvalue weighted by atomic mass is 16.6. The zero-order valence-electron chi connectivity index (χ0n) is 16.1. The molecule has 2 fully saturated rings. The van der Waals surface area contributed by atoms with Crippen molar-refractivity contribution in [2.24, 2.45) is 28.8 Å². The Morgan fingerprint density at radius 2 is 1.93 bits per heavy atom. The molecule has 0 aromatic heterocycles. The van der Waals surface area contributed by atoms with Crippen LogP contribution in [0.3, 0.4) is 0 Å². The lowest BCUT2D eigenvalue weighted by Gasteiger charge is -2.13. The maximum atomic E-state index is 12.7. The second kappa shape index (κ2) is 7.69. The molecule has 4 unspecified atom stereocenters. The van der Waals surface area contributed by atoms with Crippen LogP contribution >= 0.6 is 0 Å². The first-order valence-electron chi connectivity index (χ1n) is 9.58. The Morgan fingerprint density at radius 1 is 1.27 bits per heavy atom. The van der Waals surface area contributed by atoms with Gasteiger partial charge in [-0.2, -0.15) is 10.1 Å². The van der Waals surface area contributed by atoms with E-state index in [1.54, 1.807) is 6.92 Å². The van der Waals surface area contributed by atoms with Gasteiger partial charge < -0.3 is 9.47 Å². The van der Waals surface area contributed by atoms with Crippen LogP contribution in [-0.4, -0.2) is 47.1 Å². The Balaban J connectivity index is 1.58. The van der Waals surface area contributed by atoms with Crippen molar-refractivity contribution in [2.75, 3.05) is 13.2 Å². The lowest BCUT2D eigenvalue weighted by atomic mass is 9.85. The number of hydrogen-bond acceptors (Lipinski definition) is 8. The zero-order valence-corrected chi connectivity index (χ0v) is 16.1. The van der Waals surface area contributed by atoms with Crippen LogP contribution < -0.4 is 4.74 Å². The average molecular weight is 413 g/mol. The second-order valence-electron chi connectivity index (χ2n) is 7.28. The highest BCUT2D eigenvalue weighted by Crippen LogP contribution is 2.52. The van der Waals surface area contributed by atoms with E-state index in [0.29, 0.717) is 0 Å². The highest BCUT2D eigenvalue weighted by molar-refractivity contribution is 6.07. The third kappa shape index (κ3) is 3.23. The molecule has 156 valence electrons. The quantitative estimate of drug-likeness (QED) is 0.166. The number of amides is 2. The first-order chi connectivity index (χ1) is 14.4. The van der Waals surface area contributed by atoms with Crippen LogP contribution in [0.15, 0.2) is 35.5 Å². The van der Waals surface area contributed by atoms with Gasteiger partial charge >= 0.3 is 11.7 Å². The van der Waals surface area contributed by atoms with Gasteiger partial charge in [-0.25, -0.2) is 4.79 Å². The molecule has 1 aromatic rings. The van der Waals surface area contributed by atoms with Crippen molar-refractivity contribution in [2.45, 2.75) is 13.3 Å². The van der Waals surface area contributed by atoms with Gasteiger partial charge in [0.25, 0.3) is 11.8 Å². The van der Waals surface area contributed by atoms with E-state index in [1.807, 2.05) is 12.2 Å². The minimum Gasteiger partial charge on any atom is -0.474 e. The third-order valence-electron chi connectivity index (χ3n) is 5.62. The van der Waals surface area contributed by atoms with Gasteiger partial charge in [0, 0.05) is 11.6 Å². The summed E-state index contributed by atoms with van der Waals surface area (Å²) in [5, 5.41) is 16.2. The minimum atomic E-state index is -0.681. The molecule has 0 spiro atoms. The summed E-state index contributed by atoms with van der Waals surface area (Å²) in [5.41, 5.74) is -0.214. The molecular weight excluding hydrogens is 394 g/mol. The van der Waals surface area contributed by atoms with Crippen molar-refractivity contribution in [3.8, 4) is 5.75 Å². The number of nitro benzene ring substituents is 1. The topological polar surface area (TPSA) is 128 Å². The van der Waals surface area contributed by atoms with Crippen LogP contribution in [-0.2, 0) is 19.1 Å². The fourth-order valence-corrected chi connectivity index (χ4v) is 4.40. The molecule has 2 amide bonds. The molecule has 3 aliphatic rings. The maximum absolute atomic E-state index is 12.7. The summed E-state index contributed by atoms with van der Waals surface area (Å²) in [5.74, 6) is -2.28. The Bertz CT molecular complexity index is 957. The first-order valence-corrected chi connectivity index (χ1v) is 9.58. The second-order valence-corrected chi connectivity index (χ2v) is 7.28. The number of benzene rings is 1. The van der Waals surface area contributed by atoms with Crippen molar-refractivity contribution in [1.82, 2.24) is 5.01 Å².